The Hall–Kier alpha value is -8.17. The number of hydrogen-bond donors (Lipinski definition) is 13. The number of aliphatic carboxylic acids is 2. The number of likely N-dealkylation sites (tertiary alicyclic amines) is 2. The number of benzene rings is 1. The highest BCUT2D eigenvalue weighted by Gasteiger charge is 2.44. The zero-order valence-electron chi connectivity index (χ0n) is 40.7. The van der Waals surface area contributed by atoms with E-state index in [2.05, 4.69) is 52.5 Å². The molecule has 3 aliphatic heterocycles. The van der Waals surface area contributed by atoms with E-state index in [1.54, 1.807) is 4.90 Å². The van der Waals surface area contributed by atoms with Crippen molar-refractivity contribution in [1.82, 2.24) is 62.3 Å². The molecule has 1 aromatic carbocycles. The molecule has 28 nitrogen and oxygen atoms in total. The third-order valence-corrected chi connectivity index (χ3v) is 12.6. The Balaban J connectivity index is 1.23. The summed E-state index contributed by atoms with van der Waals surface area (Å²) in [7, 11) is 0. The molecule has 0 spiro atoms. The van der Waals surface area contributed by atoms with Gasteiger partial charge in [0.15, 0.2) is 0 Å². The van der Waals surface area contributed by atoms with Crippen LogP contribution in [0.15, 0.2) is 36.8 Å². The van der Waals surface area contributed by atoms with E-state index < -0.39 is 127 Å². The molecular formula is C46H63N13O15. The fourth-order valence-corrected chi connectivity index (χ4v) is 8.73. The number of phenolic OH excluding ortho intramolecular Hbond substituents is 1. The van der Waals surface area contributed by atoms with E-state index in [0.29, 0.717) is 50.0 Å². The minimum absolute atomic E-state index is 0.0724. The lowest BCUT2D eigenvalue weighted by Crippen LogP contribution is -2.60. The maximum Gasteiger partial charge on any atom is 0.326 e. The van der Waals surface area contributed by atoms with Gasteiger partial charge >= 0.3 is 11.9 Å². The summed E-state index contributed by atoms with van der Waals surface area (Å²) in [5.41, 5.74) is 5.81. The third-order valence-electron chi connectivity index (χ3n) is 12.6. The number of amides is 10. The first kappa shape index (κ1) is 56.7. The van der Waals surface area contributed by atoms with Crippen molar-refractivity contribution in [2.24, 2.45) is 5.73 Å². The highest BCUT2D eigenvalue weighted by atomic mass is 16.4. The lowest BCUT2D eigenvalue weighted by Gasteiger charge is -2.32. The summed E-state index contributed by atoms with van der Waals surface area (Å²) < 4.78 is 0. The van der Waals surface area contributed by atoms with Gasteiger partial charge in [0.2, 0.25) is 59.1 Å². The number of nitrogens with zero attached hydrogens (tertiary/aromatic N) is 3. The quantitative estimate of drug-likeness (QED) is 0.0443. The predicted molar refractivity (Wildman–Crippen MR) is 254 cm³/mol. The second-order valence-electron chi connectivity index (χ2n) is 18.3. The topological polar surface area (TPSA) is 423 Å². The van der Waals surface area contributed by atoms with Gasteiger partial charge in [0, 0.05) is 37.8 Å². The summed E-state index contributed by atoms with van der Waals surface area (Å²) in [6.45, 7) is 2.98. The molecule has 0 aliphatic carbocycles. The number of aromatic hydroxyl groups is 1. The second-order valence-corrected chi connectivity index (χ2v) is 18.3. The van der Waals surface area contributed by atoms with Crippen LogP contribution in [0.3, 0.4) is 0 Å². The fourth-order valence-electron chi connectivity index (χ4n) is 8.73. The van der Waals surface area contributed by atoms with E-state index in [0.717, 1.165) is 6.42 Å². The molecule has 5 rings (SSSR count). The number of imidazole rings is 1. The number of nitrogens with one attached hydrogen (secondary N) is 9. The Bertz CT molecular complexity index is 2410. The SMILES string of the molecule is C[C@H](NC(=O)CNC(=O)[C@H](Cc1cnc[nH]1)NC(=O)[C@H](CC(=O)O)NC(=O)[C@H](C)NC(=O)[C@H](Cc1ccc(O)cc1)NC(=O)[C@@H]1CCCN1C(=O)[C@@H]1CCCN1C(=O)[C@@H]1CCCN1)C(=O)N[C@@H](CC(N)=O)C(=O)O. The number of H-pyrrole nitrogens is 1. The van der Waals surface area contributed by atoms with Crippen molar-refractivity contribution in [3.63, 3.8) is 0 Å². The molecule has 0 saturated carbocycles. The van der Waals surface area contributed by atoms with Crippen LogP contribution in [0.4, 0.5) is 0 Å². The van der Waals surface area contributed by atoms with Gasteiger partial charge in [-0.15, -0.1) is 0 Å². The van der Waals surface area contributed by atoms with Crippen molar-refractivity contribution < 1.29 is 72.9 Å². The molecule has 74 heavy (non-hydrogen) atoms. The van der Waals surface area contributed by atoms with E-state index in [-0.39, 0.29) is 49.4 Å². The highest BCUT2D eigenvalue weighted by molar-refractivity contribution is 5.99. The number of rotatable bonds is 25. The van der Waals surface area contributed by atoms with Gasteiger partial charge in [0.25, 0.3) is 0 Å². The predicted octanol–water partition coefficient (Wildman–Crippen LogP) is -4.87. The normalized spacial score (nSPS) is 19.6. The maximum absolute atomic E-state index is 14.1. The standard InChI is InChI=1S/C46H63N13O15/c1-23(38(65)57-32(46(73)74)18-35(47)61)52-36(62)21-50-40(67)30(17-26-20-48-22-51-26)55-42(69)31(19-37(63)64)54-39(66)24(2)53-41(68)29(16-25-9-11-27(60)12-10-25)56-43(70)33-7-4-14-58(33)45(72)34-8-5-15-59(34)44(71)28-6-3-13-49-28/h9-12,20,22-24,28-34,49,60H,3-8,13-19,21H2,1-2H3,(H2,47,61)(H,48,51)(H,50,67)(H,52,62)(H,53,68)(H,54,66)(H,55,69)(H,56,70)(H,57,65)(H,63,64)(H,73,74)/t23-,24-,28-,29-,30-,31-,32-,33-,34-/m0/s1. The number of carboxylic acids is 2. The molecule has 14 N–H and O–H groups in total. The van der Waals surface area contributed by atoms with Crippen LogP contribution in [0.2, 0.25) is 0 Å². The summed E-state index contributed by atoms with van der Waals surface area (Å²) in [6, 6.07) is -5.69. The summed E-state index contributed by atoms with van der Waals surface area (Å²) in [5.74, 6) is -11.4. The number of carbonyl (C=O) groups is 12. The number of carbonyl (C=O) groups excluding carboxylic acids is 10. The molecule has 4 heterocycles. The first-order chi connectivity index (χ1) is 35.1. The molecule has 402 valence electrons. The largest absolute Gasteiger partial charge is 0.508 e. The van der Waals surface area contributed by atoms with Gasteiger partial charge in [-0.1, -0.05) is 12.1 Å². The number of phenols is 1. The summed E-state index contributed by atoms with van der Waals surface area (Å²) in [5, 5.41) is 48.4. The Morgan fingerprint density at radius 2 is 1.27 bits per heavy atom. The zero-order chi connectivity index (χ0) is 54.2. The van der Waals surface area contributed by atoms with Crippen LogP contribution in [0.25, 0.3) is 0 Å². The Kier molecular flexibility index (Phi) is 20.3. The van der Waals surface area contributed by atoms with Gasteiger partial charge in [0.1, 0.15) is 54.1 Å². The molecule has 3 aliphatic rings. The van der Waals surface area contributed by atoms with Crippen molar-refractivity contribution in [3.05, 3.63) is 48.0 Å². The molecule has 2 aromatic rings. The maximum atomic E-state index is 14.1. The third kappa shape index (κ3) is 16.2. The molecule has 10 amide bonds. The van der Waals surface area contributed by atoms with E-state index in [1.165, 1.54) is 55.5 Å². The van der Waals surface area contributed by atoms with Gasteiger partial charge in [0.05, 0.1) is 31.8 Å². The van der Waals surface area contributed by atoms with Crippen LogP contribution in [-0.4, -0.2) is 187 Å². The monoisotopic (exact) mass is 1040 g/mol. The van der Waals surface area contributed by atoms with Crippen LogP contribution in [0.5, 0.6) is 5.75 Å². The van der Waals surface area contributed by atoms with Crippen molar-refractivity contribution in [1.29, 1.82) is 0 Å². The van der Waals surface area contributed by atoms with E-state index >= 15 is 0 Å². The van der Waals surface area contributed by atoms with Crippen LogP contribution in [0, 0.1) is 0 Å². The fraction of sp³-hybridized carbons (Fsp3) is 0.543. The molecule has 28 heteroatoms. The van der Waals surface area contributed by atoms with Gasteiger partial charge in [-0.05, 0) is 76.6 Å². The van der Waals surface area contributed by atoms with Crippen molar-refractivity contribution in [2.45, 2.75) is 132 Å². The first-order valence-electron chi connectivity index (χ1n) is 24.0. The Labute approximate surface area is 423 Å². The molecule has 9 atom stereocenters. The summed E-state index contributed by atoms with van der Waals surface area (Å²) >= 11 is 0. The summed E-state index contributed by atoms with van der Waals surface area (Å²) in [4.78, 5) is 166. The molecule has 0 radical (unpaired) electrons. The average Bonchev–Trinajstić information content (AvgIpc) is 4.21. The van der Waals surface area contributed by atoms with Crippen molar-refractivity contribution >= 4 is 71.0 Å². The minimum Gasteiger partial charge on any atom is -0.508 e. The van der Waals surface area contributed by atoms with Gasteiger partial charge in [-0.3, -0.25) is 52.7 Å². The highest BCUT2D eigenvalue weighted by Crippen LogP contribution is 2.27. The molecular weight excluding hydrogens is 975 g/mol. The second kappa shape index (κ2) is 26.5. The van der Waals surface area contributed by atoms with E-state index in [1.807, 2.05) is 0 Å². The van der Waals surface area contributed by atoms with Gasteiger partial charge < -0.3 is 78.4 Å². The van der Waals surface area contributed by atoms with Crippen molar-refractivity contribution in [2.75, 3.05) is 26.2 Å². The molecule has 0 bridgehead atoms. The smallest absolute Gasteiger partial charge is 0.326 e. The molecule has 0 unspecified atom stereocenters. The molecule has 3 fully saturated rings. The van der Waals surface area contributed by atoms with Gasteiger partial charge in [-0.25, -0.2) is 9.78 Å². The number of primary amides is 1. The van der Waals surface area contributed by atoms with Crippen LogP contribution in [0.1, 0.15) is 76.5 Å². The van der Waals surface area contributed by atoms with Crippen LogP contribution >= 0.6 is 0 Å². The minimum atomic E-state index is -1.86. The Morgan fingerprint density at radius 3 is 1.86 bits per heavy atom. The number of aromatic amines is 1. The molecule has 3 saturated heterocycles. The molecule has 1 aromatic heterocycles. The van der Waals surface area contributed by atoms with Crippen LogP contribution in [-0.2, 0) is 70.4 Å². The number of nitrogens with two attached hydrogens (primary N) is 1. The zero-order valence-corrected chi connectivity index (χ0v) is 40.7. The van der Waals surface area contributed by atoms with E-state index in [9.17, 15) is 72.9 Å². The van der Waals surface area contributed by atoms with E-state index in [4.69, 9.17) is 5.73 Å². The number of aromatic nitrogens is 2. The first-order valence-corrected chi connectivity index (χ1v) is 24.0. The van der Waals surface area contributed by atoms with Crippen molar-refractivity contribution in [3.8, 4) is 5.75 Å². The lowest BCUT2D eigenvalue weighted by molar-refractivity contribution is -0.147. The van der Waals surface area contributed by atoms with Gasteiger partial charge in [-0.2, -0.15) is 0 Å². The number of carboxylic acid groups (broad SMARTS) is 2. The summed E-state index contributed by atoms with van der Waals surface area (Å²) in [6.07, 6.45) is 3.66. The Morgan fingerprint density at radius 1 is 0.676 bits per heavy atom. The lowest BCUT2D eigenvalue weighted by atomic mass is 10.0. The average molecular weight is 1040 g/mol. The van der Waals surface area contributed by atoms with Crippen LogP contribution < -0.4 is 48.3 Å². The number of hydrogen-bond acceptors (Lipinski definition) is 15.